The van der Waals surface area contributed by atoms with Crippen LogP contribution in [0.5, 0.6) is 5.75 Å². The van der Waals surface area contributed by atoms with Crippen LogP contribution in [0.1, 0.15) is 57.1 Å². The van der Waals surface area contributed by atoms with E-state index in [0.717, 1.165) is 17.7 Å². The first-order chi connectivity index (χ1) is 11.1. The summed E-state index contributed by atoms with van der Waals surface area (Å²) in [7, 11) is 0. The van der Waals surface area contributed by atoms with Gasteiger partial charge in [0.2, 0.25) is 0 Å². The molecule has 0 heterocycles. The second-order valence-corrected chi connectivity index (χ2v) is 7.14. The number of alkyl halides is 1. The molecule has 2 aromatic carbocycles. The van der Waals surface area contributed by atoms with E-state index in [-0.39, 0.29) is 4.87 Å². The van der Waals surface area contributed by atoms with E-state index in [9.17, 15) is 0 Å². The molecule has 0 saturated carbocycles. The predicted molar refractivity (Wildman–Crippen MR) is 99.2 cm³/mol. The fraction of sp³-hybridized carbons (Fsp3) is 0.429. The number of hydrogen-bond acceptors (Lipinski definition) is 1. The number of benzene rings is 2. The summed E-state index contributed by atoms with van der Waals surface area (Å²) in [5.74, 6) is 0.881. The summed E-state index contributed by atoms with van der Waals surface area (Å²) in [5, 5.41) is 0. The molecule has 124 valence electrons. The second-order valence-electron chi connectivity index (χ2n) is 6.31. The van der Waals surface area contributed by atoms with Crippen LogP contribution in [0.4, 0.5) is 0 Å². The third kappa shape index (κ3) is 5.91. The molecule has 0 radical (unpaired) electrons. The van der Waals surface area contributed by atoms with E-state index < -0.39 is 0 Å². The van der Waals surface area contributed by atoms with Crippen molar-refractivity contribution in [2.45, 2.75) is 57.4 Å². The minimum atomic E-state index is -0.320. The van der Waals surface area contributed by atoms with Gasteiger partial charge in [-0.05, 0) is 36.6 Å². The summed E-state index contributed by atoms with van der Waals surface area (Å²) in [6.07, 6.45) is 5.96. The Morgan fingerprint density at radius 3 is 2.48 bits per heavy atom. The normalized spacial score (nSPS) is 13.5. The van der Waals surface area contributed by atoms with Crippen LogP contribution >= 0.6 is 11.6 Å². The highest BCUT2D eigenvalue weighted by molar-refractivity contribution is 6.23. The highest BCUT2D eigenvalue weighted by atomic mass is 35.5. The molecule has 0 N–H and O–H groups in total. The van der Waals surface area contributed by atoms with Crippen LogP contribution in [0, 0.1) is 0 Å². The van der Waals surface area contributed by atoms with Gasteiger partial charge in [-0.15, -0.1) is 11.6 Å². The van der Waals surface area contributed by atoms with Crippen molar-refractivity contribution in [3.8, 4) is 5.75 Å². The van der Waals surface area contributed by atoms with Crippen LogP contribution in [0.15, 0.2) is 54.6 Å². The molecule has 1 atom stereocenters. The Hall–Kier alpha value is -1.47. The van der Waals surface area contributed by atoms with Crippen molar-refractivity contribution in [3.05, 3.63) is 65.7 Å². The van der Waals surface area contributed by atoms with E-state index in [1.54, 1.807) is 0 Å². The lowest BCUT2D eigenvalue weighted by atomic mass is 9.93. The van der Waals surface area contributed by atoms with Crippen LogP contribution in [0.25, 0.3) is 0 Å². The van der Waals surface area contributed by atoms with Crippen molar-refractivity contribution in [2.24, 2.45) is 0 Å². The predicted octanol–water partition coefficient (Wildman–Crippen LogP) is 6.69. The summed E-state index contributed by atoms with van der Waals surface area (Å²) < 4.78 is 5.91. The summed E-state index contributed by atoms with van der Waals surface area (Å²) in [6, 6.07) is 18.4. The smallest absolute Gasteiger partial charge is 0.120 e. The zero-order valence-corrected chi connectivity index (χ0v) is 15.0. The van der Waals surface area contributed by atoms with Gasteiger partial charge >= 0.3 is 0 Å². The first kappa shape index (κ1) is 17.9. The molecule has 2 heteroatoms. The van der Waals surface area contributed by atoms with Crippen LogP contribution < -0.4 is 4.74 Å². The lowest BCUT2D eigenvalue weighted by molar-refractivity contribution is 0.305. The van der Waals surface area contributed by atoms with Gasteiger partial charge in [-0.2, -0.15) is 0 Å². The lowest BCUT2D eigenvalue weighted by Crippen LogP contribution is -2.13. The van der Waals surface area contributed by atoms with Crippen molar-refractivity contribution < 1.29 is 4.74 Å². The monoisotopic (exact) mass is 330 g/mol. The van der Waals surface area contributed by atoms with Gasteiger partial charge in [0.25, 0.3) is 0 Å². The summed E-state index contributed by atoms with van der Waals surface area (Å²) in [5.41, 5.74) is 2.31. The Bertz CT molecular complexity index is 577. The molecule has 0 saturated heterocycles. The molecule has 23 heavy (non-hydrogen) atoms. The van der Waals surface area contributed by atoms with E-state index in [0.29, 0.717) is 6.61 Å². The van der Waals surface area contributed by atoms with Gasteiger partial charge in [-0.1, -0.05) is 75.1 Å². The fourth-order valence-corrected chi connectivity index (χ4v) is 2.93. The maximum Gasteiger partial charge on any atom is 0.120 e. The maximum absolute atomic E-state index is 6.77. The Kier molecular flexibility index (Phi) is 6.98. The number of rotatable bonds is 9. The van der Waals surface area contributed by atoms with E-state index in [4.69, 9.17) is 16.3 Å². The van der Waals surface area contributed by atoms with Crippen molar-refractivity contribution in [1.82, 2.24) is 0 Å². The maximum atomic E-state index is 6.77. The third-order valence-electron chi connectivity index (χ3n) is 4.18. The van der Waals surface area contributed by atoms with Gasteiger partial charge in [-0.3, -0.25) is 0 Å². The van der Waals surface area contributed by atoms with E-state index in [1.165, 1.54) is 31.2 Å². The average molecular weight is 331 g/mol. The molecule has 2 rings (SSSR count). The minimum Gasteiger partial charge on any atom is -0.489 e. The second kappa shape index (κ2) is 8.98. The van der Waals surface area contributed by atoms with Gasteiger partial charge < -0.3 is 4.74 Å². The van der Waals surface area contributed by atoms with Crippen molar-refractivity contribution >= 4 is 11.6 Å². The van der Waals surface area contributed by atoms with Crippen LogP contribution in [-0.4, -0.2) is 0 Å². The molecule has 0 amide bonds. The molecule has 0 spiro atoms. The topological polar surface area (TPSA) is 9.23 Å². The highest BCUT2D eigenvalue weighted by Gasteiger charge is 2.23. The molecule has 0 aromatic heterocycles. The molecule has 0 bridgehead atoms. The van der Waals surface area contributed by atoms with E-state index in [1.807, 2.05) is 30.3 Å². The Labute approximate surface area is 145 Å². The summed E-state index contributed by atoms with van der Waals surface area (Å²) in [6.45, 7) is 4.92. The van der Waals surface area contributed by atoms with Gasteiger partial charge in [0.05, 0.1) is 4.87 Å². The molecule has 0 aliphatic carbocycles. The summed E-state index contributed by atoms with van der Waals surface area (Å²) >= 11 is 6.77. The molecule has 2 aromatic rings. The van der Waals surface area contributed by atoms with Crippen molar-refractivity contribution in [3.63, 3.8) is 0 Å². The number of hydrogen-bond donors (Lipinski definition) is 0. The Balaban J connectivity index is 1.95. The average Bonchev–Trinajstić information content (AvgIpc) is 2.58. The molecule has 1 unspecified atom stereocenters. The van der Waals surface area contributed by atoms with E-state index >= 15 is 0 Å². The van der Waals surface area contributed by atoms with Gasteiger partial charge in [-0.25, -0.2) is 0 Å². The first-order valence-corrected chi connectivity index (χ1v) is 8.96. The Morgan fingerprint density at radius 2 is 1.74 bits per heavy atom. The molecular weight excluding hydrogens is 304 g/mol. The third-order valence-corrected chi connectivity index (χ3v) is 4.59. The van der Waals surface area contributed by atoms with Crippen molar-refractivity contribution in [1.29, 1.82) is 0 Å². The number of halogens is 1. The van der Waals surface area contributed by atoms with Gasteiger partial charge in [0, 0.05) is 0 Å². The lowest BCUT2D eigenvalue weighted by Gasteiger charge is -2.23. The number of unbranched alkanes of at least 4 members (excludes halogenated alkanes) is 3. The zero-order chi connectivity index (χ0) is 16.5. The quantitative estimate of drug-likeness (QED) is 0.367. The van der Waals surface area contributed by atoms with Crippen LogP contribution in [0.2, 0.25) is 0 Å². The van der Waals surface area contributed by atoms with Crippen molar-refractivity contribution in [2.75, 3.05) is 0 Å². The fourth-order valence-electron chi connectivity index (χ4n) is 2.68. The molecule has 0 fully saturated rings. The van der Waals surface area contributed by atoms with E-state index in [2.05, 4.69) is 38.1 Å². The molecule has 0 aliphatic heterocycles. The standard InChI is InChI=1S/C21H27ClO/c1-3-4-5-9-15-21(2,22)19-13-10-14-20(16-19)23-17-18-11-7-6-8-12-18/h6-8,10-14,16H,3-5,9,15,17H2,1-2H3. The molecular formula is C21H27ClO. The SMILES string of the molecule is CCCCCCC(C)(Cl)c1cccc(OCc2ccccc2)c1. The summed E-state index contributed by atoms with van der Waals surface area (Å²) in [4.78, 5) is -0.320. The molecule has 1 nitrogen and oxygen atoms in total. The van der Waals surface area contributed by atoms with Crippen LogP contribution in [-0.2, 0) is 11.5 Å². The largest absolute Gasteiger partial charge is 0.489 e. The van der Waals surface area contributed by atoms with Gasteiger partial charge in [0.1, 0.15) is 12.4 Å². The first-order valence-electron chi connectivity index (χ1n) is 8.58. The van der Waals surface area contributed by atoms with Gasteiger partial charge in [0.15, 0.2) is 0 Å². The number of ether oxygens (including phenoxy) is 1. The highest BCUT2D eigenvalue weighted by Crippen LogP contribution is 2.35. The van der Waals surface area contributed by atoms with Crippen LogP contribution in [0.3, 0.4) is 0 Å². The Morgan fingerprint density at radius 1 is 0.957 bits per heavy atom. The molecule has 0 aliphatic rings. The minimum absolute atomic E-state index is 0.320. The zero-order valence-electron chi connectivity index (χ0n) is 14.2.